The fraction of sp³-hybridized carbons (Fsp3) is 0.273. The molecule has 0 amide bonds. The van der Waals surface area contributed by atoms with E-state index in [9.17, 15) is 4.79 Å². The van der Waals surface area contributed by atoms with E-state index in [1.54, 1.807) is 0 Å². The molecule has 4 rings (SSSR count). The van der Waals surface area contributed by atoms with E-state index >= 15 is 0 Å². The average Bonchev–Trinajstić information content (AvgIpc) is 2.93. The number of anilines is 2. The molecule has 2 aromatic carbocycles. The third-order valence-electron chi connectivity index (χ3n) is 5.33. The Bertz CT molecular complexity index is 1120. The number of hydrogen-bond acceptors (Lipinski definition) is 4. The summed E-state index contributed by atoms with van der Waals surface area (Å²) < 4.78 is 7.76. The van der Waals surface area contributed by atoms with Crippen molar-refractivity contribution in [1.29, 1.82) is 0 Å². The molecular weight excluding hydrogens is 374 g/mol. The van der Waals surface area contributed by atoms with Gasteiger partial charge in [-0.2, -0.15) is 0 Å². The first-order valence-electron chi connectivity index (χ1n) is 9.31. The van der Waals surface area contributed by atoms with Crippen LogP contribution in [0, 0.1) is 0 Å². The smallest absolute Gasteiger partial charge is 0.438 e. The van der Waals surface area contributed by atoms with Gasteiger partial charge in [0.1, 0.15) is 19.7 Å². The number of benzene rings is 2. The summed E-state index contributed by atoms with van der Waals surface area (Å²) in [7, 11) is 3.95. The monoisotopic (exact) mass is 397 g/mol. The molecule has 1 aliphatic heterocycles. The third kappa shape index (κ3) is 3.11. The molecule has 5 nitrogen and oxygen atoms in total. The summed E-state index contributed by atoms with van der Waals surface area (Å²) in [5, 5.41) is 0.922. The summed E-state index contributed by atoms with van der Waals surface area (Å²) in [6.07, 6.45) is 0. The lowest BCUT2D eigenvalue weighted by molar-refractivity contribution is -0.401. The van der Waals surface area contributed by atoms with Crippen LogP contribution in [0.25, 0.3) is 11.0 Å². The highest BCUT2D eigenvalue weighted by atomic mass is 35.5. The van der Waals surface area contributed by atoms with Crippen molar-refractivity contribution in [2.75, 3.05) is 32.1 Å². The van der Waals surface area contributed by atoms with Crippen molar-refractivity contribution in [1.82, 2.24) is 4.90 Å². The Morgan fingerprint density at radius 2 is 1.64 bits per heavy atom. The van der Waals surface area contributed by atoms with Crippen LogP contribution in [0.3, 0.4) is 0 Å². The molecule has 0 fully saturated rings. The number of amidine groups is 1. The first-order chi connectivity index (χ1) is 13.0. The number of fused-ring (bicyclic) bond motifs is 2. The molecule has 0 N–H and O–H groups in total. The number of rotatable bonds is 4. The van der Waals surface area contributed by atoms with Crippen LogP contribution in [0.4, 0.5) is 17.1 Å². The van der Waals surface area contributed by atoms with E-state index in [2.05, 4.69) is 36.9 Å². The van der Waals surface area contributed by atoms with Gasteiger partial charge in [-0.1, -0.05) is 12.1 Å². The molecule has 0 bridgehead atoms. The largest absolute Gasteiger partial charge is 1.00 e. The molecule has 0 saturated carbocycles. The zero-order valence-electron chi connectivity index (χ0n) is 16.6. The van der Waals surface area contributed by atoms with Gasteiger partial charge in [0.15, 0.2) is 5.56 Å². The second-order valence-electron chi connectivity index (χ2n) is 6.77. The average molecular weight is 398 g/mol. The lowest BCUT2D eigenvalue weighted by Crippen LogP contribution is -3.00. The van der Waals surface area contributed by atoms with Gasteiger partial charge < -0.3 is 21.7 Å². The molecule has 2 heterocycles. The Balaban J connectivity index is 0.00000225. The topological polar surface area (TPSA) is 42.4 Å². The Kier molecular flexibility index (Phi) is 5.59. The molecule has 0 atom stereocenters. The van der Waals surface area contributed by atoms with E-state index in [0.717, 1.165) is 41.4 Å². The molecule has 6 heteroatoms. The van der Waals surface area contributed by atoms with Crippen molar-refractivity contribution in [2.24, 2.45) is 0 Å². The molecule has 0 aliphatic carbocycles. The number of hydrogen-bond donors (Lipinski definition) is 0. The Morgan fingerprint density at radius 1 is 0.964 bits per heavy atom. The second kappa shape index (κ2) is 7.78. The van der Waals surface area contributed by atoms with E-state index in [1.807, 2.05) is 53.9 Å². The van der Waals surface area contributed by atoms with Gasteiger partial charge in [-0.05, 0) is 36.9 Å². The van der Waals surface area contributed by atoms with E-state index in [1.165, 1.54) is 0 Å². The molecule has 0 spiro atoms. The highest BCUT2D eigenvalue weighted by molar-refractivity contribution is 6.05. The molecule has 145 valence electrons. The maximum atomic E-state index is 12.8. The van der Waals surface area contributed by atoms with Crippen molar-refractivity contribution in [3.8, 4) is 0 Å². The molecule has 28 heavy (non-hydrogen) atoms. The van der Waals surface area contributed by atoms with Crippen molar-refractivity contribution in [3.05, 3.63) is 64.5 Å². The predicted octanol–water partition coefficient (Wildman–Crippen LogP) is 0.779. The van der Waals surface area contributed by atoms with Crippen LogP contribution in [0.5, 0.6) is 0 Å². The fourth-order valence-electron chi connectivity index (χ4n) is 3.89. The Morgan fingerprint density at radius 3 is 2.29 bits per heavy atom. The van der Waals surface area contributed by atoms with Crippen molar-refractivity contribution >= 4 is 33.9 Å². The summed E-state index contributed by atoms with van der Waals surface area (Å²) in [5.74, 6) is 0.833. The minimum absolute atomic E-state index is 0. The van der Waals surface area contributed by atoms with Gasteiger partial charge in [-0.15, -0.1) is 4.58 Å². The Labute approximate surface area is 170 Å². The van der Waals surface area contributed by atoms with Gasteiger partial charge >= 0.3 is 11.5 Å². The van der Waals surface area contributed by atoms with Crippen molar-refractivity contribution in [3.63, 3.8) is 0 Å². The van der Waals surface area contributed by atoms with Gasteiger partial charge in [0, 0.05) is 42.4 Å². The van der Waals surface area contributed by atoms with E-state index in [4.69, 9.17) is 4.42 Å². The minimum Gasteiger partial charge on any atom is -1.00 e. The standard InChI is InChI=1S/C22H24N3O2.ClH/c1-5-25(6-2)16-12-11-15-13-17(22(26)27-20(15)14-16)21-23(3)18-9-7-8-10-19(18)24(21)4;/h7-14H,5-6H2,1-4H3;1H/q+2;/p-1. The number of halogens is 1. The first kappa shape index (κ1) is 20.1. The third-order valence-corrected chi connectivity index (χ3v) is 5.33. The molecule has 1 aliphatic rings. The van der Waals surface area contributed by atoms with Gasteiger partial charge in [0.05, 0.1) is 0 Å². The van der Waals surface area contributed by atoms with E-state index < -0.39 is 0 Å². The normalized spacial score (nSPS) is 13.6. The summed E-state index contributed by atoms with van der Waals surface area (Å²) in [4.78, 5) is 17.1. The van der Waals surface area contributed by atoms with Crippen LogP contribution in [0.15, 0.2) is 57.7 Å². The van der Waals surface area contributed by atoms with Gasteiger partial charge in [-0.3, -0.25) is 0 Å². The summed E-state index contributed by atoms with van der Waals surface area (Å²) in [6, 6.07) is 16.1. The summed E-state index contributed by atoms with van der Waals surface area (Å²) >= 11 is 0. The molecule has 0 unspecified atom stereocenters. The van der Waals surface area contributed by atoms with Crippen LogP contribution >= 0.6 is 0 Å². The maximum absolute atomic E-state index is 12.8. The summed E-state index contributed by atoms with van der Waals surface area (Å²) in [6.45, 7) is 6.06. The lowest BCUT2D eigenvalue weighted by Gasteiger charge is -2.20. The summed E-state index contributed by atoms with van der Waals surface area (Å²) in [5.41, 5.74) is 4.09. The van der Waals surface area contributed by atoms with Crippen LogP contribution in [0.2, 0.25) is 0 Å². The zero-order valence-corrected chi connectivity index (χ0v) is 17.3. The van der Waals surface area contributed by atoms with Crippen LogP contribution in [0.1, 0.15) is 19.4 Å². The highest BCUT2D eigenvalue weighted by Crippen LogP contribution is 2.33. The quantitative estimate of drug-likeness (QED) is 0.482. The molecule has 3 aromatic rings. The fourth-order valence-corrected chi connectivity index (χ4v) is 3.89. The second-order valence-corrected chi connectivity index (χ2v) is 6.77. The van der Waals surface area contributed by atoms with Crippen LogP contribution in [-0.2, 0) is 0 Å². The van der Waals surface area contributed by atoms with E-state index in [0.29, 0.717) is 11.1 Å². The van der Waals surface area contributed by atoms with Crippen LogP contribution in [-0.4, -0.2) is 37.6 Å². The highest BCUT2D eigenvalue weighted by Gasteiger charge is 2.45. The van der Waals surface area contributed by atoms with Gasteiger partial charge in [0.2, 0.25) is 0 Å². The van der Waals surface area contributed by atoms with Gasteiger partial charge in [-0.25, -0.2) is 4.79 Å². The van der Waals surface area contributed by atoms with Crippen molar-refractivity contribution < 1.29 is 21.4 Å². The van der Waals surface area contributed by atoms with Gasteiger partial charge in [0.25, 0.3) is 11.4 Å². The molecular formula is C22H24ClN3O2+. The van der Waals surface area contributed by atoms with E-state index in [-0.39, 0.29) is 18.0 Å². The molecule has 1 aromatic heterocycles. The molecule has 0 saturated heterocycles. The first-order valence-corrected chi connectivity index (χ1v) is 9.31. The SMILES string of the molecule is CCN(CC)c1ccc2cc(C3=[N+](C)c4ccccc4[N+]3C)c(=O)oc2c1.[Cl-]. The number of para-hydroxylation sites is 2. The lowest BCUT2D eigenvalue weighted by atomic mass is 10.1. The number of nitrogens with zero attached hydrogens (tertiary/aromatic N) is 3. The Hall–Kier alpha value is -2.63. The van der Waals surface area contributed by atoms with Crippen molar-refractivity contribution in [2.45, 2.75) is 13.8 Å². The molecule has 1 radical (unpaired) electrons. The van der Waals surface area contributed by atoms with Crippen LogP contribution < -0.4 is 27.8 Å². The predicted molar refractivity (Wildman–Crippen MR) is 110 cm³/mol. The minimum atomic E-state index is -0.319. The maximum Gasteiger partial charge on any atom is 0.438 e. The zero-order chi connectivity index (χ0) is 19.1.